The Kier molecular flexibility index (Phi) is 4.84. The second-order valence-corrected chi connectivity index (χ2v) is 7.13. The number of aryl methyl sites for hydroxylation is 1. The van der Waals surface area contributed by atoms with Gasteiger partial charge >= 0.3 is 0 Å². The molecule has 2 rings (SSSR count). The van der Waals surface area contributed by atoms with Gasteiger partial charge in [0.05, 0.1) is 4.90 Å². The Bertz CT molecular complexity index is 540. The van der Waals surface area contributed by atoms with Crippen LogP contribution < -0.4 is 10.0 Å². The Labute approximate surface area is 119 Å². The van der Waals surface area contributed by atoms with Crippen LogP contribution in [-0.2, 0) is 10.0 Å². The summed E-state index contributed by atoms with van der Waals surface area (Å²) in [5.41, 5.74) is 0.708. The maximum absolute atomic E-state index is 12.2. The van der Waals surface area contributed by atoms with Crippen molar-refractivity contribution in [1.29, 1.82) is 0 Å². The maximum atomic E-state index is 12.2. The lowest BCUT2D eigenvalue weighted by Crippen LogP contribution is -2.27. The number of rotatable bonds is 5. The van der Waals surface area contributed by atoms with Gasteiger partial charge in [-0.15, -0.1) is 0 Å². The van der Waals surface area contributed by atoms with Crippen LogP contribution in [0.5, 0.6) is 0 Å². The van der Waals surface area contributed by atoms with Gasteiger partial charge in [0.25, 0.3) is 0 Å². The zero-order valence-electron chi connectivity index (χ0n) is 10.9. The van der Waals surface area contributed by atoms with Crippen molar-refractivity contribution in [1.82, 2.24) is 10.0 Å². The first-order chi connectivity index (χ1) is 8.99. The van der Waals surface area contributed by atoms with Crippen LogP contribution in [0.3, 0.4) is 0 Å². The third-order valence-electron chi connectivity index (χ3n) is 3.45. The van der Waals surface area contributed by atoms with E-state index < -0.39 is 10.0 Å². The molecule has 106 valence electrons. The Morgan fingerprint density at radius 1 is 1.47 bits per heavy atom. The van der Waals surface area contributed by atoms with E-state index in [1.807, 2.05) is 0 Å². The second kappa shape index (κ2) is 6.22. The van der Waals surface area contributed by atoms with Gasteiger partial charge < -0.3 is 5.32 Å². The molecule has 2 N–H and O–H groups in total. The molecule has 4 nitrogen and oxygen atoms in total. The number of hydrogen-bond acceptors (Lipinski definition) is 3. The fourth-order valence-corrected chi connectivity index (χ4v) is 3.85. The average Bonchev–Trinajstić information content (AvgIpc) is 2.85. The normalized spacial score (nSPS) is 19.8. The summed E-state index contributed by atoms with van der Waals surface area (Å²) < 4.78 is 27.0. The van der Waals surface area contributed by atoms with E-state index in [1.165, 1.54) is 6.07 Å². The van der Waals surface area contributed by atoms with Gasteiger partial charge in [-0.1, -0.05) is 17.7 Å². The average molecular weight is 303 g/mol. The molecule has 1 saturated heterocycles. The summed E-state index contributed by atoms with van der Waals surface area (Å²) >= 11 is 5.86. The highest BCUT2D eigenvalue weighted by Crippen LogP contribution is 2.20. The number of sulfonamides is 1. The van der Waals surface area contributed by atoms with Crippen molar-refractivity contribution in [3.05, 3.63) is 28.8 Å². The molecule has 0 spiro atoms. The lowest BCUT2D eigenvalue weighted by atomic mass is 10.1. The molecule has 0 amide bonds. The quantitative estimate of drug-likeness (QED) is 0.874. The van der Waals surface area contributed by atoms with E-state index in [9.17, 15) is 8.42 Å². The van der Waals surface area contributed by atoms with Crippen LogP contribution in [0.2, 0.25) is 5.02 Å². The van der Waals surface area contributed by atoms with Crippen molar-refractivity contribution in [2.45, 2.75) is 24.7 Å². The molecule has 6 heteroatoms. The SMILES string of the molecule is Cc1ccc(Cl)cc1S(=O)(=O)NCCC1CCNC1. The molecule has 1 atom stereocenters. The molecule has 1 aromatic rings. The Morgan fingerprint density at radius 2 is 2.26 bits per heavy atom. The molecule has 0 radical (unpaired) electrons. The summed E-state index contributed by atoms with van der Waals surface area (Å²) in [6.45, 7) is 4.26. The van der Waals surface area contributed by atoms with E-state index in [2.05, 4.69) is 10.0 Å². The highest BCUT2D eigenvalue weighted by Gasteiger charge is 2.19. The van der Waals surface area contributed by atoms with E-state index in [-0.39, 0.29) is 4.90 Å². The summed E-state index contributed by atoms with van der Waals surface area (Å²) in [5, 5.41) is 3.71. The topological polar surface area (TPSA) is 58.2 Å². The summed E-state index contributed by atoms with van der Waals surface area (Å²) in [4.78, 5) is 0.268. The largest absolute Gasteiger partial charge is 0.316 e. The minimum absolute atomic E-state index is 0.268. The molecule has 1 unspecified atom stereocenters. The smallest absolute Gasteiger partial charge is 0.240 e. The number of hydrogen-bond donors (Lipinski definition) is 2. The molecule has 19 heavy (non-hydrogen) atoms. The number of nitrogens with one attached hydrogen (secondary N) is 2. The van der Waals surface area contributed by atoms with E-state index in [1.54, 1.807) is 19.1 Å². The highest BCUT2D eigenvalue weighted by atomic mass is 35.5. The van der Waals surface area contributed by atoms with Crippen LogP contribution >= 0.6 is 11.6 Å². The van der Waals surface area contributed by atoms with Gasteiger partial charge in [-0.05, 0) is 56.5 Å². The lowest BCUT2D eigenvalue weighted by molar-refractivity contribution is 0.519. The molecular weight excluding hydrogens is 284 g/mol. The van der Waals surface area contributed by atoms with Crippen molar-refractivity contribution in [3.63, 3.8) is 0 Å². The maximum Gasteiger partial charge on any atom is 0.240 e. The van der Waals surface area contributed by atoms with Gasteiger partial charge in [0.15, 0.2) is 0 Å². The van der Waals surface area contributed by atoms with Crippen LogP contribution in [-0.4, -0.2) is 28.1 Å². The van der Waals surface area contributed by atoms with E-state index in [4.69, 9.17) is 11.6 Å². The summed E-state index contributed by atoms with van der Waals surface area (Å²) in [5.74, 6) is 0.572. The second-order valence-electron chi connectivity index (χ2n) is 4.96. The van der Waals surface area contributed by atoms with Crippen LogP contribution in [0.1, 0.15) is 18.4 Å². The minimum atomic E-state index is -3.46. The molecule has 0 aromatic heterocycles. The Balaban J connectivity index is 1.99. The number of benzene rings is 1. The zero-order chi connectivity index (χ0) is 13.9. The van der Waals surface area contributed by atoms with Crippen molar-refractivity contribution in [3.8, 4) is 0 Å². The Morgan fingerprint density at radius 3 is 2.95 bits per heavy atom. The summed E-state index contributed by atoms with van der Waals surface area (Å²) in [6.07, 6.45) is 1.99. The van der Waals surface area contributed by atoms with Crippen molar-refractivity contribution >= 4 is 21.6 Å². The first-order valence-corrected chi connectivity index (χ1v) is 8.32. The van der Waals surface area contributed by atoms with E-state index in [0.29, 0.717) is 23.0 Å². The van der Waals surface area contributed by atoms with Crippen LogP contribution in [0.25, 0.3) is 0 Å². The molecule has 1 aromatic carbocycles. The third kappa shape index (κ3) is 3.92. The van der Waals surface area contributed by atoms with Gasteiger partial charge in [-0.2, -0.15) is 0 Å². The van der Waals surface area contributed by atoms with Crippen molar-refractivity contribution in [2.75, 3.05) is 19.6 Å². The summed E-state index contributed by atoms with van der Waals surface area (Å²) in [6, 6.07) is 4.91. The lowest BCUT2D eigenvalue weighted by Gasteiger charge is -2.11. The van der Waals surface area contributed by atoms with Crippen molar-refractivity contribution in [2.24, 2.45) is 5.92 Å². The van der Waals surface area contributed by atoms with Gasteiger partial charge in [0.2, 0.25) is 10.0 Å². The predicted molar refractivity (Wildman–Crippen MR) is 77.0 cm³/mol. The third-order valence-corrected chi connectivity index (χ3v) is 5.28. The number of halogens is 1. The zero-order valence-corrected chi connectivity index (χ0v) is 12.5. The van der Waals surface area contributed by atoms with Crippen LogP contribution in [0, 0.1) is 12.8 Å². The monoisotopic (exact) mass is 302 g/mol. The summed E-state index contributed by atoms with van der Waals surface area (Å²) in [7, 11) is -3.46. The molecule has 0 saturated carbocycles. The molecule has 1 heterocycles. The van der Waals surface area contributed by atoms with Gasteiger partial charge in [0.1, 0.15) is 0 Å². The van der Waals surface area contributed by atoms with E-state index >= 15 is 0 Å². The fourth-order valence-electron chi connectivity index (χ4n) is 2.30. The van der Waals surface area contributed by atoms with E-state index in [0.717, 1.165) is 25.9 Å². The molecule has 0 aliphatic carbocycles. The van der Waals surface area contributed by atoms with Crippen LogP contribution in [0.4, 0.5) is 0 Å². The Hall–Kier alpha value is -0.620. The first kappa shape index (κ1) is 14.8. The van der Waals surface area contributed by atoms with Gasteiger partial charge in [-0.25, -0.2) is 13.1 Å². The highest BCUT2D eigenvalue weighted by molar-refractivity contribution is 7.89. The predicted octanol–water partition coefficient (Wildman–Crippen LogP) is 1.93. The van der Waals surface area contributed by atoms with Gasteiger partial charge in [-0.3, -0.25) is 0 Å². The van der Waals surface area contributed by atoms with Crippen molar-refractivity contribution < 1.29 is 8.42 Å². The fraction of sp³-hybridized carbons (Fsp3) is 0.538. The standard InChI is InChI=1S/C13H19ClN2O2S/c1-10-2-3-12(14)8-13(10)19(17,18)16-7-5-11-4-6-15-9-11/h2-3,8,11,15-16H,4-7,9H2,1H3. The molecular formula is C13H19ClN2O2S. The molecule has 1 fully saturated rings. The van der Waals surface area contributed by atoms with Gasteiger partial charge in [0, 0.05) is 11.6 Å². The molecule has 1 aliphatic rings. The minimum Gasteiger partial charge on any atom is -0.316 e. The molecule has 1 aliphatic heterocycles. The molecule has 0 bridgehead atoms. The first-order valence-electron chi connectivity index (χ1n) is 6.45. The van der Waals surface area contributed by atoms with Crippen LogP contribution in [0.15, 0.2) is 23.1 Å².